The minimum atomic E-state index is -1.78. The average Bonchev–Trinajstić information content (AvgIpc) is 2.66. The highest BCUT2D eigenvalue weighted by atomic mass is 19.2. The molecule has 27 heavy (non-hydrogen) atoms. The maximum atomic E-state index is 14.2. The molecule has 2 saturated carbocycles. The summed E-state index contributed by atoms with van der Waals surface area (Å²) in [6.07, 6.45) is 5.62. The number of carbonyl (C=O) groups is 1. The summed E-state index contributed by atoms with van der Waals surface area (Å²) in [5.41, 5.74) is 0. The molecule has 0 aromatic heterocycles. The Kier molecular flexibility index (Phi) is 9.47. The second kappa shape index (κ2) is 11.3. The first-order valence-electron chi connectivity index (χ1n) is 11.0. The summed E-state index contributed by atoms with van der Waals surface area (Å²) in [4.78, 5) is 12.4. The molecule has 0 aliphatic heterocycles. The van der Waals surface area contributed by atoms with Gasteiger partial charge in [0.1, 0.15) is 6.10 Å². The highest BCUT2D eigenvalue weighted by Crippen LogP contribution is 2.35. The van der Waals surface area contributed by atoms with Gasteiger partial charge in [0.2, 0.25) is 0 Å². The SMILES string of the molecule is CCCC(C)CCCC1CCC(C(=O)OC2CCC(OC)C(F)C2F)CC1. The molecule has 5 heteroatoms. The van der Waals surface area contributed by atoms with E-state index in [1.807, 2.05) is 0 Å². The van der Waals surface area contributed by atoms with Crippen LogP contribution in [0.2, 0.25) is 0 Å². The number of methoxy groups -OCH3 is 1. The monoisotopic (exact) mass is 388 g/mol. The molecule has 5 atom stereocenters. The van der Waals surface area contributed by atoms with Gasteiger partial charge in [0.05, 0.1) is 12.0 Å². The maximum absolute atomic E-state index is 14.2. The fraction of sp³-hybridized carbons (Fsp3) is 0.955. The van der Waals surface area contributed by atoms with Crippen LogP contribution in [0, 0.1) is 17.8 Å². The zero-order valence-corrected chi connectivity index (χ0v) is 17.3. The molecule has 0 aromatic carbocycles. The first kappa shape index (κ1) is 22.6. The van der Waals surface area contributed by atoms with E-state index in [1.165, 1.54) is 39.2 Å². The molecule has 3 nitrogen and oxygen atoms in total. The number of carbonyl (C=O) groups excluding carboxylic acids is 1. The van der Waals surface area contributed by atoms with Crippen LogP contribution in [-0.4, -0.2) is 37.6 Å². The van der Waals surface area contributed by atoms with Crippen molar-refractivity contribution in [2.24, 2.45) is 17.8 Å². The first-order chi connectivity index (χ1) is 13.0. The lowest BCUT2D eigenvalue weighted by Crippen LogP contribution is -2.47. The minimum absolute atomic E-state index is 0.148. The van der Waals surface area contributed by atoms with Crippen molar-refractivity contribution in [1.29, 1.82) is 0 Å². The fourth-order valence-electron chi connectivity index (χ4n) is 4.75. The van der Waals surface area contributed by atoms with Crippen LogP contribution in [0.3, 0.4) is 0 Å². The quantitative estimate of drug-likeness (QED) is 0.469. The van der Waals surface area contributed by atoms with Gasteiger partial charge < -0.3 is 9.47 Å². The molecule has 0 saturated heterocycles. The summed E-state index contributed by atoms with van der Waals surface area (Å²) in [6, 6.07) is 0. The third-order valence-electron chi connectivity index (χ3n) is 6.59. The molecule has 0 radical (unpaired) electrons. The molecule has 2 fully saturated rings. The smallest absolute Gasteiger partial charge is 0.309 e. The zero-order valence-electron chi connectivity index (χ0n) is 17.3. The van der Waals surface area contributed by atoms with Crippen LogP contribution < -0.4 is 0 Å². The van der Waals surface area contributed by atoms with Crippen molar-refractivity contribution in [2.45, 2.75) is 109 Å². The number of hydrogen-bond acceptors (Lipinski definition) is 3. The van der Waals surface area contributed by atoms with Crippen LogP contribution in [0.5, 0.6) is 0 Å². The summed E-state index contributed by atoms with van der Waals surface area (Å²) >= 11 is 0. The van der Waals surface area contributed by atoms with Crippen LogP contribution in [0.25, 0.3) is 0 Å². The van der Waals surface area contributed by atoms with E-state index >= 15 is 0 Å². The van der Waals surface area contributed by atoms with Gasteiger partial charge in [-0.3, -0.25) is 4.79 Å². The van der Waals surface area contributed by atoms with Crippen molar-refractivity contribution in [1.82, 2.24) is 0 Å². The topological polar surface area (TPSA) is 35.5 Å². The number of ether oxygens (including phenoxy) is 2. The van der Waals surface area contributed by atoms with Crippen molar-refractivity contribution in [3.63, 3.8) is 0 Å². The predicted molar refractivity (Wildman–Crippen MR) is 103 cm³/mol. The first-order valence-corrected chi connectivity index (χ1v) is 11.0. The molecule has 0 bridgehead atoms. The Bertz CT molecular complexity index is 437. The fourth-order valence-corrected chi connectivity index (χ4v) is 4.75. The standard InChI is InChI=1S/C22H38F2O3/c1-4-6-15(2)7-5-8-16-9-11-17(12-10-16)22(25)27-19-14-13-18(26-3)20(23)21(19)24/h15-21H,4-14H2,1-3H3. The van der Waals surface area contributed by atoms with E-state index in [9.17, 15) is 13.6 Å². The highest BCUT2D eigenvalue weighted by Gasteiger charge is 2.43. The molecule has 0 N–H and O–H groups in total. The van der Waals surface area contributed by atoms with E-state index in [4.69, 9.17) is 9.47 Å². The summed E-state index contributed by atoms with van der Waals surface area (Å²) in [7, 11) is 1.39. The van der Waals surface area contributed by atoms with E-state index in [-0.39, 0.29) is 11.9 Å². The highest BCUT2D eigenvalue weighted by molar-refractivity contribution is 5.72. The van der Waals surface area contributed by atoms with Crippen LogP contribution in [0.1, 0.15) is 84.5 Å². The number of halogens is 2. The van der Waals surface area contributed by atoms with Crippen molar-refractivity contribution in [3.8, 4) is 0 Å². The molecular formula is C22H38F2O3. The van der Waals surface area contributed by atoms with Crippen molar-refractivity contribution in [3.05, 3.63) is 0 Å². The lowest BCUT2D eigenvalue weighted by atomic mass is 9.79. The molecule has 2 rings (SSSR count). The Balaban J connectivity index is 1.67. The summed E-state index contributed by atoms with van der Waals surface area (Å²) in [5, 5.41) is 0. The van der Waals surface area contributed by atoms with Crippen molar-refractivity contribution < 1.29 is 23.0 Å². The zero-order chi connectivity index (χ0) is 19.8. The van der Waals surface area contributed by atoms with Gasteiger partial charge in [0.15, 0.2) is 12.3 Å². The second-order valence-corrected chi connectivity index (χ2v) is 8.76. The molecule has 2 aliphatic carbocycles. The van der Waals surface area contributed by atoms with Gasteiger partial charge >= 0.3 is 5.97 Å². The van der Waals surface area contributed by atoms with E-state index in [2.05, 4.69) is 13.8 Å². The molecule has 0 heterocycles. The molecular weight excluding hydrogens is 350 g/mol. The molecule has 0 spiro atoms. The van der Waals surface area contributed by atoms with Crippen LogP contribution in [0.4, 0.5) is 8.78 Å². The molecule has 5 unspecified atom stereocenters. The molecule has 2 aliphatic rings. The minimum Gasteiger partial charge on any atom is -0.459 e. The van der Waals surface area contributed by atoms with Gasteiger partial charge in [-0.15, -0.1) is 0 Å². The molecule has 158 valence electrons. The van der Waals surface area contributed by atoms with Gasteiger partial charge in [-0.25, -0.2) is 8.78 Å². The van der Waals surface area contributed by atoms with E-state index < -0.39 is 24.6 Å². The maximum Gasteiger partial charge on any atom is 0.309 e. The van der Waals surface area contributed by atoms with Gasteiger partial charge in [0.25, 0.3) is 0 Å². The third-order valence-corrected chi connectivity index (χ3v) is 6.59. The number of esters is 1. The normalized spacial score (nSPS) is 35.6. The Morgan fingerprint density at radius 2 is 1.63 bits per heavy atom. The van der Waals surface area contributed by atoms with E-state index in [0.29, 0.717) is 18.8 Å². The number of hydrogen-bond donors (Lipinski definition) is 0. The van der Waals surface area contributed by atoms with Crippen LogP contribution in [-0.2, 0) is 14.3 Å². The summed E-state index contributed by atoms with van der Waals surface area (Å²) < 4.78 is 38.5. The lowest BCUT2D eigenvalue weighted by Gasteiger charge is -2.35. The Labute approximate surface area is 163 Å². The lowest BCUT2D eigenvalue weighted by molar-refractivity contribution is -0.168. The Hall–Kier alpha value is -0.710. The van der Waals surface area contributed by atoms with Crippen molar-refractivity contribution in [2.75, 3.05) is 7.11 Å². The summed E-state index contributed by atoms with van der Waals surface area (Å²) in [6.45, 7) is 4.57. The van der Waals surface area contributed by atoms with Crippen LogP contribution >= 0.6 is 0 Å². The van der Waals surface area contributed by atoms with Gasteiger partial charge in [-0.1, -0.05) is 46.0 Å². The van der Waals surface area contributed by atoms with E-state index in [0.717, 1.165) is 31.6 Å². The van der Waals surface area contributed by atoms with Gasteiger partial charge in [0, 0.05) is 7.11 Å². The van der Waals surface area contributed by atoms with Gasteiger partial charge in [-0.2, -0.15) is 0 Å². The summed E-state index contributed by atoms with van der Waals surface area (Å²) in [5.74, 6) is 1.03. The third kappa shape index (κ3) is 6.69. The van der Waals surface area contributed by atoms with Crippen molar-refractivity contribution >= 4 is 5.97 Å². The molecule has 0 aromatic rings. The number of alkyl halides is 2. The molecule has 0 amide bonds. The largest absolute Gasteiger partial charge is 0.459 e. The van der Waals surface area contributed by atoms with Gasteiger partial charge in [-0.05, 0) is 50.4 Å². The predicted octanol–water partition coefficient (Wildman–Crippen LogP) is 5.80. The Morgan fingerprint density at radius 1 is 1.00 bits per heavy atom. The van der Waals surface area contributed by atoms with E-state index in [1.54, 1.807) is 0 Å². The Morgan fingerprint density at radius 3 is 2.26 bits per heavy atom. The number of rotatable bonds is 9. The second-order valence-electron chi connectivity index (χ2n) is 8.76. The van der Waals surface area contributed by atoms with Crippen LogP contribution in [0.15, 0.2) is 0 Å². The average molecular weight is 389 g/mol.